The molecule has 1 heterocycles. The highest BCUT2D eigenvalue weighted by atomic mass is 16.6. The third-order valence-electron chi connectivity index (χ3n) is 2.61. The van der Waals surface area contributed by atoms with E-state index < -0.39 is 4.92 Å². The Morgan fingerprint density at radius 2 is 2.40 bits per heavy atom. The van der Waals surface area contributed by atoms with Crippen LogP contribution in [0.1, 0.15) is 31.7 Å². The SMILES string of the molecule is O=C1CCCC(n2ccc([N+](=O)[O-])n2)C1. The maximum absolute atomic E-state index is 11.2. The quantitative estimate of drug-likeness (QED) is 0.545. The highest BCUT2D eigenvalue weighted by Gasteiger charge is 2.24. The summed E-state index contributed by atoms with van der Waals surface area (Å²) in [6.45, 7) is 0. The van der Waals surface area contributed by atoms with Crippen molar-refractivity contribution in [2.45, 2.75) is 31.7 Å². The lowest BCUT2D eigenvalue weighted by molar-refractivity contribution is -0.389. The molecule has 0 aliphatic heterocycles. The molecule has 1 saturated carbocycles. The molecule has 15 heavy (non-hydrogen) atoms. The molecule has 0 spiro atoms. The van der Waals surface area contributed by atoms with E-state index in [-0.39, 0.29) is 17.6 Å². The maximum atomic E-state index is 11.2. The summed E-state index contributed by atoms with van der Waals surface area (Å²) in [7, 11) is 0. The molecule has 0 N–H and O–H groups in total. The molecule has 0 aromatic carbocycles. The second kappa shape index (κ2) is 3.80. The van der Waals surface area contributed by atoms with Gasteiger partial charge in [0.05, 0.1) is 23.4 Å². The Bertz CT molecular complexity index is 399. The van der Waals surface area contributed by atoms with Crippen LogP contribution in [0, 0.1) is 10.1 Å². The first-order chi connectivity index (χ1) is 7.16. The summed E-state index contributed by atoms with van der Waals surface area (Å²) in [5.41, 5.74) is 0. The van der Waals surface area contributed by atoms with Gasteiger partial charge >= 0.3 is 5.82 Å². The molecule has 0 bridgehead atoms. The largest absolute Gasteiger partial charge is 0.389 e. The van der Waals surface area contributed by atoms with Crippen molar-refractivity contribution in [2.24, 2.45) is 0 Å². The molecule has 1 aromatic heterocycles. The molecule has 80 valence electrons. The summed E-state index contributed by atoms with van der Waals surface area (Å²) in [5, 5.41) is 14.3. The fourth-order valence-corrected chi connectivity index (χ4v) is 1.86. The summed E-state index contributed by atoms with van der Waals surface area (Å²) >= 11 is 0. The number of hydrogen-bond acceptors (Lipinski definition) is 4. The van der Waals surface area contributed by atoms with Crippen LogP contribution in [0.5, 0.6) is 0 Å². The monoisotopic (exact) mass is 209 g/mol. The van der Waals surface area contributed by atoms with E-state index in [1.54, 1.807) is 6.20 Å². The number of rotatable bonds is 2. The number of nitro groups is 1. The first kappa shape index (κ1) is 9.82. The molecule has 1 unspecified atom stereocenters. The average molecular weight is 209 g/mol. The van der Waals surface area contributed by atoms with Gasteiger partial charge < -0.3 is 10.1 Å². The topological polar surface area (TPSA) is 78.0 Å². The summed E-state index contributed by atoms with van der Waals surface area (Å²) in [4.78, 5) is 21.1. The minimum absolute atomic E-state index is 0.0000463. The van der Waals surface area contributed by atoms with Crippen molar-refractivity contribution in [3.05, 3.63) is 22.4 Å². The number of ketones is 1. The first-order valence-corrected chi connectivity index (χ1v) is 4.88. The van der Waals surface area contributed by atoms with Crippen LogP contribution in [-0.4, -0.2) is 20.5 Å². The Kier molecular flexibility index (Phi) is 2.49. The molecule has 1 aliphatic carbocycles. The van der Waals surface area contributed by atoms with Crippen LogP contribution < -0.4 is 0 Å². The Hall–Kier alpha value is -1.72. The van der Waals surface area contributed by atoms with Crippen molar-refractivity contribution in [1.82, 2.24) is 9.78 Å². The number of carbonyl (C=O) groups is 1. The van der Waals surface area contributed by atoms with E-state index in [1.165, 1.54) is 10.7 Å². The second-order valence-corrected chi connectivity index (χ2v) is 3.70. The van der Waals surface area contributed by atoms with E-state index in [0.29, 0.717) is 12.8 Å². The molecular formula is C9H11N3O3. The number of Topliss-reactive ketones (excluding diaryl/α,β-unsaturated/α-hetero) is 1. The number of carbonyl (C=O) groups excluding carboxylic acids is 1. The van der Waals surface area contributed by atoms with Crippen LogP contribution in [0.15, 0.2) is 12.3 Å². The Labute approximate surface area is 86.0 Å². The van der Waals surface area contributed by atoms with E-state index in [9.17, 15) is 14.9 Å². The van der Waals surface area contributed by atoms with Crippen molar-refractivity contribution in [3.63, 3.8) is 0 Å². The van der Waals surface area contributed by atoms with Gasteiger partial charge in [0, 0.05) is 12.8 Å². The highest BCUT2D eigenvalue weighted by molar-refractivity contribution is 5.79. The summed E-state index contributed by atoms with van der Waals surface area (Å²) in [6, 6.07) is 1.36. The predicted molar refractivity (Wildman–Crippen MR) is 51.4 cm³/mol. The number of hydrogen-bond donors (Lipinski definition) is 0. The van der Waals surface area contributed by atoms with Gasteiger partial charge in [0.2, 0.25) is 0 Å². The predicted octanol–water partition coefficient (Wildman–Crippen LogP) is 1.48. The second-order valence-electron chi connectivity index (χ2n) is 3.70. The molecule has 6 heteroatoms. The lowest BCUT2D eigenvalue weighted by atomic mass is 9.94. The smallest absolute Gasteiger partial charge is 0.358 e. The van der Waals surface area contributed by atoms with Gasteiger partial charge in [-0.1, -0.05) is 0 Å². The zero-order valence-electron chi connectivity index (χ0n) is 8.13. The van der Waals surface area contributed by atoms with Crippen LogP contribution >= 0.6 is 0 Å². The van der Waals surface area contributed by atoms with E-state index in [1.807, 2.05) is 0 Å². The van der Waals surface area contributed by atoms with Crippen LogP contribution in [-0.2, 0) is 4.79 Å². The van der Waals surface area contributed by atoms with Gasteiger partial charge in [-0.25, -0.2) is 0 Å². The Morgan fingerprint density at radius 1 is 1.60 bits per heavy atom. The molecular weight excluding hydrogens is 198 g/mol. The van der Waals surface area contributed by atoms with Crippen LogP contribution in [0.4, 0.5) is 5.82 Å². The van der Waals surface area contributed by atoms with E-state index in [4.69, 9.17) is 0 Å². The standard InChI is InChI=1S/C9H11N3O3/c13-8-3-1-2-7(6-8)11-5-4-9(10-11)12(14)15/h4-5,7H,1-3,6H2. The molecule has 2 rings (SSSR count). The fourth-order valence-electron chi connectivity index (χ4n) is 1.86. The van der Waals surface area contributed by atoms with Gasteiger partial charge in [0.25, 0.3) is 0 Å². The zero-order chi connectivity index (χ0) is 10.8. The highest BCUT2D eigenvalue weighted by Crippen LogP contribution is 2.26. The summed E-state index contributed by atoms with van der Waals surface area (Å²) in [5.74, 6) is 0.0532. The molecule has 1 aliphatic rings. The number of aromatic nitrogens is 2. The number of nitrogens with zero attached hydrogens (tertiary/aromatic N) is 3. The van der Waals surface area contributed by atoms with Gasteiger partial charge in [-0.2, -0.15) is 4.68 Å². The van der Waals surface area contributed by atoms with Gasteiger partial charge in [0.15, 0.2) is 0 Å². The van der Waals surface area contributed by atoms with Crippen molar-refractivity contribution in [3.8, 4) is 0 Å². The van der Waals surface area contributed by atoms with Gasteiger partial charge in [-0.3, -0.25) is 4.79 Å². The Balaban J connectivity index is 2.14. The lowest BCUT2D eigenvalue weighted by Gasteiger charge is -2.18. The van der Waals surface area contributed by atoms with Crippen LogP contribution in [0.3, 0.4) is 0 Å². The van der Waals surface area contributed by atoms with Crippen LogP contribution in [0.25, 0.3) is 0 Å². The average Bonchev–Trinajstić information content (AvgIpc) is 2.66. The maximum Gasteiger partial charge on any atom is 0.389 e. The van der Waals surface area contributed by atoms with E-state index >= 15 is 0 Å². The third kappa shape index (κ3) is 2.03. The molecule has 0 amide bonds. The van der Waals surface area contributed by atoms with Crippen LogP contribution in [0.2, 0.25) is 0 Å². The minimum Gasteiger partial charge on any atom is -0.358 e. The van der Waals surface area contributed by atoms with Crippen molar-refractivity contribution >= 4 is 11.6 Å². The summed E-state index contributed by atoms with van der Waals surface area (Å²) in [6.07, 6.45) is 4.35. The normalized spacial score (nSPS) is 21.6. The van der Waals surface area contributed by atoms with E-state index in [2.05, 4.69) is 5.10 Å². The van der Waals surface area contributed by atoms with Gasteiger partial charge in [0.1, 0.15) is 5.78 Å². The first-order valence-electron chi connectivity index (χ1n) is 4.88. The molecule has 0 radical (unpaired) electrons. The van der Waals surface area contributed by atoms with Crippen molar-refractivity contribution < 1.29 is 9.72 Å². The Morgan fingerprint density at radius 3 is 3.00 bits per heavy atom. The van der Waals surface area contributed by atoms with E-state index in [0.717, 1.165) is 12.8 Å². The lowest BCUT2D eigenvalue weighted by Crippen LogP contribution is -2.19. The third-order valence-corrected chi connectivity index (χ3v) is 2.61. The zero-order valence-corrected chi connectivity index (χ0v) is 8.13. The molecule has 6 nitrogen and oxygen atoms in total. The fraction of sp³-hybridized carbons (Fsp3) is 0.556. The molecule has 1 atom stereocenters. The van der Waals surface area contributed by atoms with Crippen molar-refractivity contribution in [1.29, 1.82) is 0 Å². The summed E-state index contributed by atoms with van der Waals surface area (Å²) < 4.78 is 1.54. The molecule has 1 aromatic rings. The minimum atomic E-state index is -0.527. The molecule has 1 fully saturated rings. The molecule has 0 saturated heterocycles. The van der Waals surface area contributed by atoms with Gasteiger partial charge in [-0.05, 0) is 17.8 Å². The van der Waals surface area contributed by atoms with Gasteiger partial charge in [-0.15, -0.1) is 0 Å². The van der Waals surface area contributed by atoms with Crippen molar-refractivity contribution in [2.75, 3.05) is 0 Å².